The van der Waals surface area contributed by atoms with Gasteiger partial charge in [-0.15, -0.1) is 0 Å². The number of hydrogen-bond acceptors (Lipinski definition) is 4. The van der Waals surface area contributed by atoms with Crippen molar-refractivity contribution in [2.24, 2.45) is 0 Å². The van der Waals surface area contributed by atoms with E-state index in [0.717, 1.165) is 27.8 Å². The van der Waals surface area contributed by atoms with E-state index < -0.39 is 5.54 Å². The average Bonchev–Trinajstić information content (AvgIpc) is 3.04. The van der Waals surface area contributed by atoms with Crippen LogP contribution >= 0.6 is 0 Å². The number of benzene rings is 3. The van der Waals surface area contributed by atoms with Crippen molar-refractivity contribution < 1.29 is 14.0 Å². The Morgan fingerprint density at radius 3 is 1.97 bits per heavy atom. The normalized spacial score (nSPS) is 18.4. The van der Waals surface area contributed by atoms with Crippen molar-refractivity contribution in [2.75, 3.05) is 26.2 Å². The molecule has 174 valence electrons. The lowest BCUT2D eigenvalue weighted by molar-refractivity contribution is 0.0278. The quantitative estimate of drug-likeness (QED) is 0.527. The van der Waals surface area contributed by atoms with E-state index in [4.69, 9.17) is 0 Å². The number of halogens is 1. The maximum Gasteiger partial charge on any atom is 0.196 e. The summed E-state index contributed by atoms with van der Waals surface area (Å²) in [4.78, 5) is 32.3. The highest BCUT2D eigenvalue weighted by Crippen LogP contribution is 2.43. The zero-order valence-corrected chi connectivity index (χ0v) is 19.9. The van der Waals surface area contributed by atoms with E-state index in [1.165, 1.54) is 6.07 Å². The van der Waals surface area contributed by atoms with E-state index >= 15 is 0 Å². The number of carbonyl (C=O) groups excluding carboxylic acids is 2. The van der Waals surface area contributed by atoms with Crippen LogP contribution in [-0.2, 0) is 12.1 Å². The first-order chi connectivity index (χ1) is 16.3. The van der Waals surface area contributed by atoms with Crippen molar-refractivity contribution in [1.82, 2.24) is 9.80 Å². The minimum atomic E-state index is -1.33. The predicted octanol–water partition coefficient (Wildman–Crippen LogP) is 4.84. The molecule has 0 unspecified atom stereocenters. The first kappa shape index (κ1) is 22.6. The van der Waals surface area contributed by atoms with Crippen molar-refractivity contribution in [3.05, 3.63) is 105 Å². The molecule has 1 heterocycles. The Morgan fingerprint density at radius 2 is 1.38 bits per heavy atom. The van der Waals surface area contributed by atoms with Gasteiger partial charge in [0.2, 0.25) is 0 Å². The van der Waals surface area contributed by atoms with Crippen molar-refractivity contribution in [2.45, 2.75) is 32.9 Å². The maximum atomic E-state index is 14.0. The molecule has 3 aromatic carbocycles. The van der Waals surface area contributed by atoms with Gasteiger partial charge in [-0.2, -0.15) is 0 Å². The topological polar surface area (TPSA) is 40.6 Å². The fraction of sp³-hybridized carbons (Fsp3) is 0.310. The highest BCUT2D eigenvalue weighted by atomic mass is 19.1. The molecule has 3 aromatic rings. The summed E-state index contributed by atoms with van der Waals surface area (Å²) in [6.07, 6.45) is 0. The maximum absolute atomic E-state index is 14.0. The highest BCUT2D eigenvalue weighted by Gasteiger charge is 2.58. The Balaban J connectivity index is 1.49. The number of aryl methyl sites for hydroxylation is 3. The molecule has 0 spiro atoms. The van der Waals surface area contributed by atoms with Gasteiger partial charge in [0, 0.05) is 43.9 Å². The van der Waals surface area contributed by atoms with Gasteiger partial charge in [-0.3, -0.25) is 19.4 Å². The second-order valence-corrected chi connectivity index (χ2v) is 9.62. The Kier molecular flexibility index (Phi) is 5.70. The van der Waals surface area contributed by atoms with E-state index in [-0.39, 0.29) is 17.4 Å². The van der Waals surface area contributed by atoms with Gasteiger partial charge in [0.1, 0.15) is 5.82 Å². The minimum Gasteiger partial charge on any atom is -0.297 e. The molecule has 5 rings (SSSR count). The van der Waals surface area contributed by atoms with E-state index in [0.29, 0.717) is 43.9 Å². The number of nitrogens with zero attached hydrogens (tertiary/aromatic N) is 2. The molecule has 1 aliphatic heterocycles. The van der Waals surface area contributed by atoms with E-state index in [9.17, 15) is 14.0 Å². The summed E-state index contributed by atoms with van der Waals surface area (Å²) in [7, 11) is 0. The van der Waals surface area contributed by atoms with Gasteiger partial charge < -0.3 is 0 Å². The molecule has 0 saturated carbocycles. The summed E-state index contributed by atoms with van der Waals surface area (Å²) in [5.41, 5.74) is 4.53. The van der Waals surface area contributed by atoms with Crippen molar-refractivity contribution >= 4 is 11.6 Å². The number of fused-ring (bicyclic) bond motifs is 1. The van der Waals surface area contributed by atoms with Gasteiger partial charge in [-0.05, 0) is 49.6 Å². The van der Waals surface area contributed by atoms with Crippen LogP contribution in [0.5, 0.6) is 0 Å². The largest absolute Gasteiger partial charge is 0.297 e. The van der Waals surface area contributed by atoms with Gasteiger partial charge in [0.05, 0.1) is 0 Å². The van der Waals surface area contributed by atoms with Crippen LogP contribution in [0.1, 0.15) is 48.5 Å². The third-order valence-electron chi connectivity index (χ3n) is 7.26. The summed E-state index contributed by atoms with van der Waals surface area (Å²) in [6, 6.07) is 18.1. The van der Waals surface area contributed by atoms with Gasteiger partial charge in [-0.25, -0.2) is 4.39 Å². The zero-order valence-electron chi connectivity index (χ0n) is 19.9. The molecule has 0 bridgehead atoms. The molecule has 5 heteroatoms. The van der Waals surface area contributed by atoms with Crippen LogP contribution in [-0.4, -0.2) is 47.5 Å². The fourth-order valence-electron chi connectivity index (χ4n) is 5.58. The average molecular weight is 457 g/mol. The summed E-state index contributed by atoms with van der Waals surface area (Å²) in [6.45, 7) is 9.18. The van der Waals surface area contributed by atoms with Crippen LogP contribution in [0.3, 0.4) is 0 Å². The molecular weight excluding hydrogens is 427 g/mol. The van der Waals surface area contributed by atoms with Crippen molar-refractivity contribution in [1.29, 1.82) is 0 Å². The predicted molar refractivity (Wildman–Crippen MR) is 131 cm³/mol. The fourth-order valence-corrected chi connectivity index (χ4v) is 5.58. The second-order valence-electron chi connectivity index (χ2n) is 9.62. The highest BCUT2D eigenvalue weighted by molar-refractivity contribution is 6.32. The summed E-state index contributed by atoms with van der Waals surface area (Å²) < 4.78 is 13.8. The first-order valence-electron chi connectivity index (χ1n) is 11.8. The molecule has 1 saturated heterocycles. The summed E-state index contributed by atoms with van der Waals surface area (Å²) in [5, 5.41) is 0. The lowest BCUT2D eigenvalue weighted by Gasteiger charge is -2.44. The van der Waals surface area contributed by atoms with Gasteiger partial charge in [-0.1, -0.05) is 59.7 Å². The Morgan fingerprint density at radius 1 is 0.794 bits per heavy atom. The van der Waals surface area contributed by atoms with E-state index in [1.54, 1.807) is 18.2 Å². The van der Waals surface area contributed by atoms with Crippen LogP contribution in [0.15, 0.2) is 60.7 Å². The number of Topliss-reactive ketones (excluding diaryl/α,β-unsaturated/α-hetero) is 2. The van der Waals surface area contributed by atoms with Crippen LogP contribution < -0.4 is 0 Å². The number of rotatable bonds is 4. The Bertz CT molecular complexity index is 1240. The van der Waals surface area contributed by atoms with Crippen LogP contribution in [0, 0.1) is 26.6 Å². The number of hydrogen-bond donors (Lipinski definition) is 0. The monoisotopic (exact) mass is 456 g/mol. The lowest BCUT2D eigenvalue weighted by Crippen LogP contribution is -2.60. The molecule has 0 amide bonds. The second kappa shape index (κ2) is 8.57. The molecule has 2 aliphatic rings. The van der Waals surface area contributed by atoms with Crippen LogP contribution in [0.25, 0.3) is 0 Å². The molecule has 0 radical (unpaired) electrons. The van der Waals surface area contributed by atoms with Crippen LogP contribution in [0.2, 0.25) is 0 Å². The standard InChI is InChI=1S/C29H29FN2O2/c1-19-14-20(2)16-23(15-19)29(27(33)25-6-4-5-7-26(25)28(29)34)32-12-10-31(11-13-32)18-22-17-24(30)9-8-21(22)3/h4-9,14-17H,10-13,18H2,1-3H3. The molecular formula is C29H29FN2O2. The molecule has 0 atom stereocenters. The molecule has 1 fully saturated rings. The van der Waals surface area contributed by atoms with Crippen molar-refractivity contribution in [3.8, 4) is 0 Å². The number of ketones is 2. The lowest BCUT2D eigenvalue weighted by atomic mass is 9.81. The molecule has 4 nitrogen and oxygen atoms in total. The van der Waals surface area contributed by atoms with E-state index in [2.05, 4.69) is 15.9 Å². The van der Waals surface area contributed by atoms with Gasteiger partial charge in [0.15, 0.2) is 17.1 Å². The first-order valence-corrected chi connectivity index (χ1v) is 11.8. The number of piperazine rings is 1. The van der Waals surface area contributed by atoms with E-state index in [1.807, 2.05) is 51.1 Å². The summed E-state index contributed by atoms with van der Waals surface area (Å²) in [5.74, 6) is -0.493. The Hall–Kier alpha value is -3.15. The minimum absolute atomic E-state index is 0.132. The molecule has 0 N–H and O–H groups in total. The molecule has 34 heavy (non-hydrogen) atoms. The van der Waals surface area contributed by atoms with Gasteiger partial charge in [0.25, 0.3) is 0 Å². The van der Waals surface area contributed by atoms with Crippen molar-refractivity contribution in [3.63, 3.8) is 0 Å². The third-order valence-corrected chi connectivity index (χ3v) is 7.26. The van der Waals surface area contributed by atoms with Gasteiger partial charge >= 0.3 is 0 Å². The smallest absolute Gasteiger partial charge is 0.196 e. The third kappa shape index (κ3) is 3.60. The Labute approximate surface area is 200 Å². The SMILES string of the molecule is Cc1cc(C)cc(C2(N3CCN(Cc4cc(F)ccc4C)CC3)C(=O)c3ccccc3C2=O)c1. The molecule has 0 aromatic heterocycles. The number of carbonyl (C=O) groups is 2. The zero-order chi connectivity index (χ0) is 24.0. The van der Waals surface area contributed by atoms with Crippen LogP contribution in [0.4, 0.5) is 4.39 Å². The molecule has 1 aliphatic carbocycles. The summed E-state index contributed by atoms with van der Waals surface area (Å²) >= 11 is 0.